The van der Waals surface area contributed by atoms with Crippen LogP contribution in [0.1, 0.15) is 70.9 Å². The van der Waals surface area contributed by atoms with E-state index in [2.05, 4.69) is 12.2 Å². The van der Waals surface area contributed by atoms with Crippen LogP contribution in [0.3, 0.4) is 0 Å². The number of rotatable bonds is 14. The van der Waals surface area contributed by atoms with Crippen molar-refractivity contribution in [2.75, 3.05) is 6.61 Å². The quantitative estimate of drug-likeness (QED) is 0.155. The van der Waals surface area contributed by atoms with Crippen LogP contribution < -0.4 is 14.8 Å². The first-order valence-electron chi connectivity index (χ1n) is 13.0. The number of hydrogen-bond donors (Lipinski definition) is 2. The van der Waals surface area contributed by atoms with Crippen LogP contribution in [0.2, 0.25) is 0 Å². The van der Waals surface area contributed by atoms with Gasteiger partial charge in [-0.1, -0.05) is 62.4 Å². The number of aliphatic carboxylic acids is 1. The molecule has 0 aliphatic carbocycles. The molecule has 38 heavy (non-hydrogen) atoms. The molecule has 0 spiro atoms. The van der Waals surface area contributed by atoms with E-state index in [4.69, 9.17) is 9.47 Å². The van der Waals surface area contributed by atoms with Crippen LogP contribution in [0.4, 0.5) is 0 Å². The molecule has 0 unspecified atom stereocenters. The topological polar surface area (TPSA) is 102 Å². The van der Waals surface area contributed by atoms with E-state index in [-0.39, 0.29) is 6.42 Å². The number of hydrogen-bond acceptors (Lipinski definition) is 5. The number of carboxylic acids is 1. The molecule has 0 aromatic heterocycles. The highest BCUT2D eigenvalue weighted by atomic mass is 16.5. The summed E-state index contributed by atoms with van der Waals surface area (Å²) in [5.41, 5.74) is 2.39. The second-order valence-electron chi connectivity index (χ2n) is 9.26. The third-order valence-electron chi connectivity index (χ3n) is 6.06. The van der Waals surface area contributed by atoms with Gasteiger partial charge in [0, 0.05) is 12.0 Å². The molecule has 7 heteroatoms. The van der Waals surface area contributed by atoms with Crippen molar-refractivity contribution in [3.8, 4) is 11.5 Å². The molecule has 0 aliphatic heterocycles. The summed E-state index contributed by atoms with van der Waals surface area (Å²) in [4.78, 5) is 36.8. The van der Waals surface area contributed by atoms with Crippen LogP contribution in [0.5, 0.6) is 11.5 Å². The Bertz CT molecular complexity index is 1200. The Morgan fingerprint density at radius 1 is 0.842 bits per heavy atom. The van der Waals surface area contributed by atoms with E-state index in [1.807, 2.05) is 13.0 Å². The smallest absolute Gasteiger partial charge is 0.343 e. The second kappa shape index (κ2) is 14.6. The summed E-state index contributed by atoms with van der Waals surface area (Å²) >= 11 is 0. The molecule has 1 amide bonds. The normalized spacial score (nSPS) is 11.4. The van der Waals surface area contributed by atoms with Crippen molar-refractivity contribution in [3.63, 3.8) is 0 Å². The Morgan fingerprint density at radius 3 is 2.18 bits per heavy atom. The maximum atomic E-state index is 12.5. The van der Waals surface area contributed by atoms with Crippen molar-refractivity contribution in [3.05, 3.63) is 95.1 Å². The Labute approximate surface area is 223 Å². The average molecular weight is 518 g/mol. The van der Waals surface area contributed by atoms with Crippen LogP contribution >= 0.6 is 0 Å². The van der Waals surface area contributed by atoms with E-state index < -0.39 is 23.9 Å². The molecule has 0 bridgehead atoms. The number of amides is 1. The molecule has 0 saturated heterocycles. The summed E-state index contributed by atoms with van der Waals surface area (Å²) in [6.45, 7) is 4.70. The lowest BCUT2D eigenvalue weighted by Gasteiger charge is -2.15. The van der Waals surface area contributed by atoms with Gasteiger partial charge in [0.1, 0.15) is 17.5 Å². The highest BCUT2D eigenvalue weighted by molar-refractivity contribution is 5.96. The fraction of sp³-hybridized carbons (Fsp3) is 0.323. The number of carbonyl (C=O) groups is 3. The lowest BCUT2D eigenvalue weighted by molar-refractivity contribution is -0.139. The van der Waals surface area contributed by atoms with Gasteiger partial charge >= 0.3 is 11.9 Å². The van der Waals surface area contributed by atoms with Crippen LogP contribution in [-0.2, 0) is 11.2 Å². The number of esters is 1. The van der Waals surface area contributed by atoms with E-state index in [1.165, 1.54) is 19.3 Å². The summed E-state index contributed by atoms with van der Waals surface area (Å²) in [6.07, 6.45) is 5.91. The summed E-state index contributed by atoms with van der Waals surface area (Å²) in [5.74, 6) is -1.04. The number of ether oxygens (including phenoxy) is 2. The minimum atomic E-state index is -1.13. The van der Waals surface area contributed by atoms with Gasteiger partial charge < -0.3 is 19.9 Å². The Morgan fingerprint density at radius 2 is 1.53 bits per heavy atom. The SMILES string of the molecule is CCCCCCCOc1ccc(C(=O)Oc2ccc(C[C@H](NC(=O)c3cccc(C)c3)C(=O)O)cc2)cc1. The zero-order valence-electron chi connectivity index (χ0n) is 21.9. The Hall–Kier alpha value is -4.13. The van der Waals surface area contributed by atoms with E-state index >= 15 is 0 Å². The van der Waals surface area contributed by atoms with Crippen LogP contribution in [0.25, 0.3) is 0 Å². The van der Waals surface area contributed by atoms with Crippen molar-refractivity contribution in [2.45, 2.75) is 58.4 Å². The van der Waals surface area contributed by atoms with Crippen LogP contribution in [0, 0.1) is 6.92 Å². The van der Waals surface area contributed by atoms with E-state index in [9.17, 15) is 19.5 Å². The third kappa shape index (κ3) is 9.07. The van der Waals surface area contributed by atoms with Crippen molar-refractivity contribution < 1.29 is 29.0 Å². The number of nitrogens with one attached hydrogen (secondary N) is 1. The van der Waals surface area contributed by atoms with Gasteiger partial charge in [-0.15, -0.1) is 0 Å². The maximum Gasteiger partial charge on any atom is 0.343 e. The van der Waals surface area contributed by atoms with Gasteiger partial charge in [0.25, 0.3) is 5.91 Å². The lowest BCUT2D eigenvalue weighted by Crippen LogP contribution is -2.42. The molecule has 0 fully saturated rings. The summed E-state index contributed by atoms with van der Waals surface area (Å²) < 4.78 is 11.2. The predicted molar refractivity (Wildman–Crippen MR) is 146 cm³/mol. The summed E-state index contributed by atoms with van der Waals surface area (Å²) in [6, 6.07) is 19.2. The highest BCUT2D eigenvalue weighted by Gasteiger charge is 2.21. The van der Waals surface area contributed by atoms with Gasteiger partial charge in [-0.05, 0) is 67.4 Å². The first-order valence-corrected chi connectivity index (χ1v) is 13.0. The minimum absolute atomic E-state index is 0.0845. The van der Waals surface area contributed by atoms with Gasteiger partial charge in [-0.25, -0.2) is 9.59 Å². The molecule has 0 aliphatic rings. The molecule has 200 valence electrons. The monoisotopic (exact) mass is 517 g/mol. The van der Waals surface area contributed by atoms with Gasteiger partial charge in [-0.3, -0.25) is 4.79 Å². The second-order valence-corrected chi connectivity index (χ2v) is 9.26. The maximum absolute atomic E-state index is 12.5. The van der Waals surface area contributed by atoms with Gasteiger partial charge in [0.15, 0.2) is 0 Å². The Kier molecular flexibility index (Phi) is 10.9. The molecule has 2 N–H and O–H groups in total. The molecular weight excluding hydrogens is 482 g/mol. The highest BCUT2D eigenvalue weighted by Crippen LogP contribution is 2.18. The first kappa shape index (κ1) is 28.4. The van der Waals surface area contributed by atoms with Crippen molar-refractivity contribution in [2.24, 2.45) is 0 Å². The minimum Gasteiger partial charge on any atom is -0.494 e. The number of carbonyl (C=O) groups excluding carboxylic acids is 2. The third-order valence-corrected chi connectivity index (χ3v) is 6.06. The Balaban J connectivity index is 1.50. The van der Waals surface area contributed by atoms with Gasteiger partial charge in [0.05, 0.1) is 12.2 Å². The van der Waals surface area contributed by atoms with Crippen LogP contribution in [0.15, 0.2) is 72.8 Å². The van der Waals surface area contributed by atoms with Crippen molar-refractivity contribution >= 4 is 17.8 Å². The standard InChI is InChI=1S/C31H35NO6/c1-3-4-5-6-7-19-37-26-17-13-24(14-18-26)31(36)38-27-15-11-23(12-16-27)21-28(30(34)35)32-29(33)25-10-8-9-22(2)20-25/h8-18,20,28H,3-7,19,21H2,1-2H3,(H,32,33)(H,34,35)/t28-/m0/s1. The fourth-order valence-corrected chi connectivity index (χ4v) is 3.91. The number of benzene rings is 3. The number of aryl methyl sites for hydroxylation is 1. The van der Waals surface area contributed by atoms with E-state index in [0.29, 0.717) is 34.8 Å². The number of carboxylic acid groups (broad SMARTS) is 1. The molecule has 7 nitrogen and oxygen atoms in total. The fourth-order valence-electron chi connectivity index (χ4n) is 3.91. The van der Waals surface area contributed by atoms with Gasteiger partial charge in [-0.2, -0.15) is 0 Å². The summed E-state index contributed by atoms with van der Waals surface area (Å²) in [7, 11) is 0. The van der Waals surface area contributed by atoms with Crippen molar-refractivity contribution in [1.82, 2.24) is 5.32 Å². The predicted octanol–water partition coefficient (Wildman–Crippen LogP) is 5.99. The molecule has 3 aromatic carbocycles. The molecule has 3 aromatic rings. The van der Waals surface area contributed by atoms with Gasteiger partial charge in [0.2, 0.25) is 0 Å². The molecule has 0 radical (unpaired) electrons. The van der Waals surface area contributed by atoms with Crippen LogP contribution in [-0.4, -0.2) is 35.6 Å². The molecule has 0 heterocycles. The zero-order valence-corrected chi connectivity index (χ0v) is 21.9. The number of unbranched alkanes of at least 4 members (excludes halogenated alkanes) is 4. The van der Waals surface area contributed by atoms with E-state index in [0.717, 1.165) is 18.4 Å². The molecule has 0 saturated carbocycles. The zero-order chi connectivity index (χ0) is 27.3. The first-order chi connectivity index (χ1) is 18.4. The summed E-state index contributed by atoms with van der Waals surface area (Å²) in [5, 5.41) is 12.2. The lowest BCUT2D eigenvalue weighted by atomic mass is 10.0. The molecule has 1 atom stereocenters. The largest absolute Gasteiger partial charge is 0.494 e. The van der Waals surface area contributed by atoms with Crippen molar-refractivity contribution in [1.29, 1.82) is 0 Å². The molecule has 3 rings (SSSR count). The average Bonchev–Trinajstić information content (AvgIpc) is 2.91. The molecular formula is C31H35NO6. The van der Waals surface area contributed by atoms with E-state index in [1.54, 1.807) is 66.7 Å².